The van der Waals surface area contributed by atoms with Gasteiger partial charge in [-0.1, -0.05) is 0 Å². The number of non-ortho nitro benzene ring substituents is 1. The van der Waals surface area contributed by atoms with E-state index in [2.05, 4.69) is 26.0 Å². The maximum atomic E-state index is 11.7. The maximum absolute atomic E-state index is 11.7. The van der Waals surface area contributed by atoms with E-state index in [9.17, 15) is 35.0 Å². The normalized spacial score (nSPS) is 12.0. The molecule has 0 heterocycles. The van der Waals surface area contributed by atoms with Gasteiger partial charge in [-0.3, -0.25) is 0 Å². The van der Waals surface area contributed by atoms with Gasteiger partial charge in [0.2, 0.25) is 0 Å². The van der Waals surface area contributed by atoms with E-state index in [1.54, 1.807) is 24.3 Å². The number of anilines is 1. The van der Waals surface area contributed by atoms with Gasteiger partial charge in [0.05, 0.1) is 4.90 Å². The first-order chi connectivity index (χ1) is 15.9. The predicted molar refractivity (Wildman–Crippen MR) is 117 cm³/mol. The molecule has 0 aliphatic carbocycles. The summed E-state index contributed by atoms with van der Waals surface area (Å²) in [5.74, 6) is 0. The molecule has 0 bridgehead atoms. The van der Waals surface area contributed by atoms with Gasteiger partial charge in [-0.05, 0) is 24.3 Å². The summed E-state index contributed by atoms with van der Waals surface area (Å²) in [6.07, 6.45) is 0. The van der Waals surface area contributed by atoms with Gasteiger partial charge in [0, 0.05) is 0 Å². The molecule has 176 valence electrons. The Balaban J connectivity index is 0.00000432. The number of rotatable bonds is 8. The molecule has 0 amide bonds. The van der Waals surface area contributed by atoms with E-state index in [1.807, 2.05) is 0 Å². The number of nitrogens with one attached hydrogen (secondary N) is 1. The largest absolute Gasteiger partial charge is 1.00 e. The van der Waals surface area contributed by atoms with Gasteiger partial charge in [0.1, 0.15) is 10.1 Å². The van der Waals surface area contributed by atoms with E-state index < -0.39 is 39.3 Å². The Bertz CT molecular complexity index is 1430. The third kappa shape index (κ3) is 8.16. The zero-order valence-corrected chi connectivity index (χ0v) is 22.5. The van der Waals surface area contributed by atoms with Gasteiger partial charge >= 0.3 is 172 Å². The quantitative estimate of drug-likeness (QED) is 0.105. The molecule has 0 unspecified atom stereocenters. The van der Waals surface area contributed by atoms with Crippen LogP contribution >= 0.6 is 0 Å². The van der Waals surface area contributed by atoms with Crippen molar-refractivity contribution in [3.05, 3.63) is 76.8 Å². The predicted octanol–water partition coefficient (Wildman–Crippen LogP) is -0.410. The number of hydrogen-bond donors (Lipinski definition) is 3. The van der Waals surface area contributed by atoms with Crippen LogP contribution in [0, 0.1) is 10.1 Å². The van der Waals surface area contributed by atoms with Gasteiger partial charge in [-0.2, -0.15) is 0 Å². The number of benzene rings is 3. The fraction of sp³-hybridized carbons (Fsp3) is 0. The first-order valence-corrected chi connectivity index (χ1v) is 13.8. The topological polar surface area (TPSA) is 219 Å². The van der Waals surface area contributed by atoms with Crippen molar-refractivity contribution in [2.45, 2.75) is 4.90 Å². The SMILES string of the molecule is O=[N+]([O-])c1ccc(N=NNc2ccc(N=Nc3ccc(S(=O)(=O)[O-])cc3)cc2)c([As](=O)(O)O)c1.[Na+]. The molecule has 35 heavy (non-hydrogen) atoms. The van der Waals surface area contributed by atoms with Crippen LogP contribution in [0.5, 0.6) is 0 Å². The van der Waals surface area contributed by atoms with Gasteiger partial charge in [0.15, 0.2) is 0 Å². The molecule has 14 nitrogen and oxygen atoms in total. The van der Waals surface area contributed by atoms with E-state index in [0.29, 0.717) is 17.1 Å². The first-order valence-electron chi connectivity index (χ1n) is 9.02. The van der Waals surface area contributed by atoms with Crippen LogP contribution in [0.15, 0.2) is 92.2 Å². The third-order valence-electron chi connectivity index (χ3n) is 4.09. The molecule has 0 spiro atoms. The smallest absolute Gasteiger partial charge is 1.00 e. The average molecular weight is 572 g/mol. The molecule has 0 aromatic heterocycles. The summed E-state index contributed by atoms with van der Waals surface area (Å²) in [7, 11) is -4.54. The Morgan fingerprint density at radius 3 is 1.91 bits per heavy atom. The van der Waals surface area contributed by atoms with E-state index in [1.165, 1.54) is 12.1 Å². The van der Waals surface area contributed by atoms with Crippen LogP contribution < -0.4 is 39.3 Å². The minimum atomic E-state index is -5.51. The molecule has 0 saturated heterocycles. The number of azo groups is 1. The molecule has 0 aliphatic rings. The second-order valence-corrected chi connectivity index (χ2v) is 11.2. The standard InChI is InChI=1S/C18H15AsN6O8S.Na/c26-19(27,28)17-11-15(25(29)30)7-10-18(17)23-24-22-14-3-1-12(2-4-14)20-21-13-5-8-16(9-6-13)34(31,32)33;/h1-11H,(H,22,23)(H2,26,27,28)(H,31,32,33);/q;+1/p-1. The Morgan fingerprint density at radius 2 is 1.43 bits per heavy atom. The summed E-state index contributed by atoms with van der Waals surface area (Å²) < 4.78 is 62.8. The minimum Gasteiger partial charge on any atom is 1.00 e. The van der Waals surface area contributed by atoms with Crippen LogP contribution in [0.1, 0.15) is 0 Å². The van der Waals surface area contributed by atoms with Crippen molar-refractivity contribution < 1.29 is 59.4 Å². The summed E-state index contributed by atoms with van der Waals surface area (Å²) in [6.45, 7) is 0. The van der Waals surface area contributed by atoms with Crippen molar-refractivity contribution in [3.63, 3.8) is 0 Å². The van der Waals surface area contributed by atoms with Crippen molar-refractivity contribution >= 4 is 57.1 Å². The van der Waals surface area contributed by atoms with Crippen LogP contribution in [-0.4, -0.2) is 40.3 Å². The maximum Gasteiger partial charge on any atom is 1.00 e. The minimum absolute atomic E-state index is 0. The van der Waals surface area contributed by atoms with E-state index in [-0.39, 0.29) is 40.1 Å². The molecule has 0 atom stereocenters. The molecular weight excluding hydrogens is 558 g/mol. The van der Waals surface area contributed by atoms with Gasteiger partial charge in [-0.25, -0.2) is 8.42 Å². The fourth-order valence-electron chi connectivity index (χ4n) is 2.48. The summed E-state index contributed by atoms with van der Waals surface area (Å²) in [6, 6.07) is 14.1. The summed E-state index contributed by atoms with van der Waals surface area (Å²) in [5.41, 5.74) is 3.06. The molecule has 3 N–H and O–H groups in total. The molecule has 3 aromatic carbocycles. The monoisotopic (exact) mass is 572 g/mol. The van der Waals surface area contributed by atoms with Crippen LogP contribution in [0.4, 0.5) is 28.4 Å². The van der Waals surface area contributed by atoms with Crippen molar-refractivity contribution in [1.29, 1.82) is 0 Å². The van der Waals surface area contributed by atoms with Crippen LogP contribution in [0.25, 0.3) is 0 Å². The number of nitro benzene ring substituents is 1. The molecule has 3 aromatic rings. The molecule has 0 fully saturated rings. The molecular formula is C18H14AsN6NaO8S. The first kappa shape index (κ1) is 28.5. The van der Waals surface area contributed by atoms with Gasteiger partial charge < -0.3 is 4.55 Å². The molecule has 0 saturated carbocycles. The summed E-state index contributed by atoms with van der Waals surface area (Å²) in [5, 5.41) is 26.1. The number of hydrogen-bond acceptors (Lipinski definition) is 10. The summed E-state index contributed by atoms with van der Waals surface area (Å²) in [4.78, 5) is 9.68. The van der Waals surface area contributed by atoms with Crippen molar-refractivity contribution in [2.24, 2.45) is 20.6 Å². The Hall–Kier alpha value is -2.75. The zero-order chi connectivity index (χ0) is 24.9. The van der Waals surface area contributed by atoms with Crippen molar-refractivity contribution in [3.8, 4) is 0 Å². The Morgan fingerprint density at radius 1 is 0.886 bits per heavy atom. The third-order valence-corrected chi connectivity index (χ3v) is 7.01. The Kier molecular flexibility index (Phi) is 9.59. The van der Waals surface area contributed by atoms with Gasteiger partial charge in [-0.15, -0.1) is 0 Å². The number of nitro groups is 1. The Labute approximate surface area is 223 Å². The van der Waals surface area contributed by atoms with E-state index in [4.69, 9.17) is 0 Å². The zero-order valence-electron chi connectivity index (χ0n) is 17.8. The molecule has 3 rings (SSSR count). The second kappa shape index (κ2) is 11.8. The fourth-order valence-corrected chi connectivity index (χ4v) is 4.45. The van der Waals surface area contributed by atoms with Crippen LogP contribution in [-0.2, 0) is 13.9 Å². The number of nitrogens with zero attached hydrogens (tertiary/aromatic N) is 5. The van der Waals surface area contributed by atoms with Crippen LogP contribution in [0.3, 0.4) is 0 Å². The van der Waals surface area contributed by atoms with Gasteiger partial charge in [0.25, 0.3) is 0 Å². The van der Waals surface area contributed by atoms with E-state index in [0.717, 1.165) is 30.3 Å². The van der Waals surface area contributed by atoms with Crippen LogP contribution in [0.2, 0.25) is 0 Å². The van der Waals surface area contributed by atoms with E-state index >= 15 is 0 Å². The molecule has 0 aliphatic heterocycles. The molecule has 0 radical (unpaired) electrons. The van der Waals surface area contributed by atoms with Crippen molar-refractivity contribution in [2.75, 3.05) is 5.43 Å². The second-order valence-electron chi connectivity index (χ2n) is 6.48. The molecule has 17 heteroatoms. The van der Waals surface area contributed by atoms with Crippen molar-refractivity contribution in [1.82, 2.24) is 0 Å². The average Bonchev–Trinajstić information content (AvgIpc) is 2.77. The summed E-state index contributed by atoms with van der Waals surface area (Å²) >= 11 is -5.51.